The molecule has 0 bridgehead atoms. The predicted molar refractivity (Wildman–Crippen MR) is 589 cm³/mol. The summed E-state index contributed by atoms with van der Waals surface area (Å²) in [6, 6.07) is 193. The van der Waals surface area contributed by atoms with Gasteiger partial charge in [0.1, 0.15) is 0 Å². The first-order chi connectivity index (χ1) is 70.4. The van der Waals surface area contributed by atoms with Gasteiger partial charge in [0.25, 0.3) is 0 Å². The van der Waals surface area contributed by atoms with Crippen molar-refractivity contribution in [2.45, 2.75) is 23.2 Å². The molecule has 4 nitrogen and oxygen atoms in total. The minimum absolute atomic E-state index is 0.243. The number of aromatic nitrogens is 4. The minimum Gasteiger partial charge on any atom is -0.264 e. The maximum absolute atomic E-state index is 5.17. The number of hydrogen-bond acceptors (Lipinski definition) is 4. The maximum Gasteiger partial charge on any atom is 0.160 e. The molecule has 3 aliphatic carbocycles. The Kier molecular flexibility index (Phi) is 21.9. The third-order valence-electron chi connectivity index (χ3n) is 29.7. The van der Waals surface area contributed by atoms with E-state index in [4.69, 9.17) is 15.0 Å². The zero-order chi connectivity index (χ0) is 94.5. The van der Waals surface area contributed by atoms with Gasteiger partial charge in [0, 0.05) is 56.9 Å². The Morgan fingerprint density at radius 3 is 0.993 bits per heavy atom. The molecule has 0 spiro atoms. The Balaban J connectivity index is 0.000000113. The molecule has 142 heavy (non-hydrogen) atoms. The Bertz CT molecular complexity index is 8740. The molecule has 0 radical (unpaired) electrons. The predicted octanol–water partition coefficient (Wildman–Crippen LogP) is 34.8. The standard InChI is InChI=1S/C51H34N2.C46H31N.C41H29N/c1-5-17-35(18-6-1)41-33-34-45-48(42-25-13-15-27-44(42)51(45,39-21-9-3-10-22-39)40-23-11-4-12-24-40)47(41)36-29-31-38(32-30-36)50-52-46-28-16-14-26-43(46)49(53-50)37-19-7-2-8-20-37;1-4-14-32(15-5-1)38-29-30-42-44(43(38)34-27-25-33(26-28-34)39-23-12-16-35-17-13-31-47-45(35)39)40-22-10-11-24-41(40)46(42,36-18-6-2-7-19-36)37-20-8-3-9-21-37;1-41(32-14-6-3-7-15-32)37-18-9-8-16-35(37)40-38(41)24-23-34(28-11-4-2-5-12-28)39(40)31-21-19-30(20-22-31)33-17-10-13-29-25-26-42-27-36(29)33/h1-34H;1-31H;2-27H,1H3. The number of nitrogens with zero attached hydrogens (tertiary/aromatic N) is 4. The zero-order valence-corrected chi connectivity index (χ0v) is 78.3. The van der Waals surface area contributed by atoms with Crippen LogP contribution >= 0.6 is 0 Å². The normalized spacial score (nSPS) is 13.5. The molecule has 0 N–H and O–H groups in total. The van der Waals surface area contributed by atoms with E-state index in [1.807, 2.05) is 36.8 Å². The molecule has 0 saturated carbocycles. The average molecular weight is 1810 g/mol. The quantitative estimate of drug-likeness (QED) is 0.103. The van der Waals surface area contributed by atoms with Crippen molar-refractivity contribution >= 4 is 32.6 Å². The molecule has 21 aromatic carbocycles. The number of hydrogen-bond donors (Lipinski definition) is 0. The van der Waals surface area contributed by atoms with Crippen molar-refractivity contribution in [3.8, 4) is 145 Å². The van der Waals surface area contributed by atoms with Crippen LogP contribution in [0.25, 0.3) is 178 Å². The van der Waals surface area contributed by atoms with Gasteiger partial charge in [-0.3, -0.25) is 9.97 Å². The molecular formula is C138H94N4. The topological polar surface area (TPSA) is 51.6 Å². The molecule has 0 aliphatic heterocycles. The van der Waals surface area contributed by atoms with Gasteiger partial charge in [0.2, 0.25) is 0 Å². The van der Waals surface area contributed by atoms with Crippen LogP contribution in [0.1, 0.15) is 68.1 Å². The highest BCUT2D eigenvalue weighted by Crippen LogP contribution is 2.63. The van der Waals surface area contributed by atoms with Crippen molar-refractivity contribution < 1.29 is 0 Å². The molecule has 3 aromatic heterocycles. The van der Waals surface area contributed by atoms with Gasteiger partial charge in [-0.2, -0.15) is 0 Å². The maximum atomic E-state index is 5.17. The molecule has 0 amide bonds. The molecule has 4 heteroatoms. The van der Waals surface area contributed by atoms with E-state index in [0.717, 1.165) is 55.3 Å². The Morgan fingerprint density at radius 2 is 0.521 bits per heavy atom. The van der Waals surface area contributed by atoms with Crippen molar-refractivity contribution in [1.29, 1.82) is 0 Å². The second-order valence-corrected chi connectivity index (χ2v) is 37.2. The Morgan fingerprint density at radius 1 is 0.183 bits per heavy atom. The zero-order valence-electron chi connectivity index (χ0n) is 78.3. The first-order valence-electron chi connectivity index (χ1n) is 48.9. The highest BCUT2D eigenvalue weighted by atomic mass is 14.9. The third-order valence-corrected chi connectivity index (χ3v) is 29.7. The summed E-state index contributed by atoms with van der Waals surface area (Å²) in [5.74, 6) is 0.716. The van der Waals surface area contributed by atoms with E-state index in [-0.39, 0.29) is 5.41 Å². The van der Waals surface area contributed by atoms with Crippen LogP contribution < -0.4 is 0 Å². The number of pyridine rings is 2. The molecule has 1 atom stereocenters. The van der Waals surface area contributed by atoms with E-state index >= 15 is 0 Å². The molecule has 0 fully saturated rings. The van der Waals surface area contributed by atoms with Crippen molar-refractivity contribution in [2.24, 2.45) is 0 Å². The number of para-hydroxylation sites is 2. The third kappa shape index (κ3) is 14.4. The first kappa shape index (κ1) is 85.4. The van der Waals surface area contributed by atoms with Crippen LogP contribution in [0.15, 0.2) is 552 Å². The molecular weight excluding hydrogens is 1710 g/mol. The van der Waals surface area contributed by atoms with Gasteiger partial charge in [-0.05, 0) is 209 Å². The Labute approximate surface area is 828 Å². The molecule has 27 rings (SSSR count). The highest BCUT2D eigenvalue weighted by Gasteiger charge is 2.50. The molecule has 3 heterocycles. The Hall–Kier alpha value is -18.2. The molecule has 24 aromatic rings. The summed E-state index contributed by atoms with van der Waals surface area (Å²) < 4.78 is 0. The number of fused-ring (bicyclic) bond motifs is 12. The van der Waals surface area contributed by atoms with Crippen molar-refractivity contribution in [3.63, 3.8) is 0 Å². The smallest absolute Gasteiger partial charge is 0.160 e. The van der Waals surface area contributed by atoms with Gasteiger partial charge in [0.15, 0.2) is 5.82 Å². The largest absolute Gasteiger partial charge is 0.264 e. The lowest BCUT2D eigenvalue weighted by atomic mass is 9.67. The van der Waals surface area contributed by atoms with Crippen LogP contribution in [-0.4, -0.2) is 19.9 Å². The van der Waals surface area contributed by atoms with Crippen LogP contribution in [0.3, 0.4) is 0 Å². The van der Waals surface area contributed by atoms with E-state index in [1.54, 1.807) is 0 Å². The fourth-order valence-electron chi connectivity index (χ4n) is 23.3. The lowest BCUT2D eigenvalue weighted by Gasteiger charge is -2.34. The van der Waals surface area contributed by atoms with Crippen LogP contribution in [0, 0.1) is 0 Å². The lowest BCUT2D eigenvalue weighted by molar-refractivity contribution is 0.714. The lowest BCUT2D eigenvalue weighted by Crippen LogP contribution is -2.28. The van der Waals surface area contributed by atoms with Crippen molar-refractivity contribution in [2.75, 3.05) is 0 Å². The molecule has 0 saturated heterocycles. The van der Waals surface area contributed by atoms with Gasteiger partial charge in [0.05, 0.1) is 27.6 Å². The molecule has 666 valence electrons. The van der Waals surface area contributed by atoms with E-state index in [0.29, 0.717) is 5.82 Å². The average Bonchev–Trinajstić information content (AvgIpc) is 1.52. The SMILES string of the molecule is CC1(c2ccccc2)c2ccccc2-c2c1ccc(-c1ccccc1)c2-c1ccc(-c2cccc3ccncc23)cc1.c1ccc(-c2ccc3c(c2-c2ccc(-c4cccc5cccnc45)cc2)-c2ccccc2C3(c2ccccc2)c2ccccc2)cc1.c1ccc(-c2ccc3c(c2-c2ccc(-c4nc(-c5ccccc5)c5ccccc5n4)cc2)-c2ccccc2C3(c2ccccc2)c2ccccc2)cc1. The van der Waals surface area contributed by atoms with Crippen molar-refractivity contribution in [3.05, 3.63) is 614 Å². The number of rotatable bonds is 15. The molecule has 1 unspecified atom stereocenters. The summed E-state index contributed by atoms with van der Waals surface area (Å²) in [6.45, 7) is 2.39. The van der Waals surface area contributed by atoms with E-state index in [1.165, 1.54) is 178 Å². The van der Waals surface area contributed by atoms with E-state index < -0.39 is 10.8 Å². The van der Waals surface area contributed by atoms with Gasteiger partial charge in [-0.1, -0.05) is 516 Å². The molecule has 3 aliphatic rings. The summed E-state index contributed by atoms with van der Waals surface area (Å²) in [5, 5.41) is 4.57. The second kappa shape index (κ2) is 36.4. The van der Waals surface area contributed by atoms with E-state index in [2.05, 4.69) is 528 Å². The van der Waals surface area contributed by atoms with Crippen LogP contribution in [0.5, 0.6) is 0 Å². The second-order valence-electron chi connectivity index (χ2n) is 37.2. The fraction of sp³-hybridized carbons (Fsp3) is 0.0290. The van der Waals surface area contributed by atoms with Crippen LogP contribution in [-0.2, 0) is 16.2 Å². The summed E-state index contributed by atoms with van der Waals surface area (Å²) in [7, 11) is 0. The summed E-state index contributed by atoms with van der Waals surface area (Å²) >= 11 is 0. The fourth-order valence-corrected chi connectivity index (χ4v) is 23.3. The summed E-state index contributed by atoms with van der Waals surface area (Å²) in [6.07, 6.45) is 5.71. The van der Waals surface area contributed by atoms with Crippen LogP contribution in [0.4, 0.5) is 0 Å². The number of benzene rings is 21. The van der Waals surface area contributed by atoms with Gasteiger partial charge in [-0.15, -0.1) is 0 Å². The minimum atomic E-state index is -0.481. The summed E-state index contributed by atoms with van der Waals surface area (Å²) in [4.78, 5) is 19.4. The summed E-state index contributed by atoms with van der Waals surface area (Å²) in [5.41, 5.74) is 45.2. The monoisotopic (exact) mass is 1810 g/mol. The van der Waals surface area contributed by atoms with Crippen molar-refractivity contribution in [1.82, 2.24) is 19.9 Å². The highest BCUT2D eigenvalue weighted by molar-refractivity contribution is 6.07. The van der Waals surface area contributed by atoms with Gasteiger partial charge < -0.3 is 0 Å². The van der Waals surface area contributed by atoms with Gasteiger partial charge in [-0.25, -0.2) is 9.97 Å². The first-order valence-corrected chi connectivity index (χ1v) is 48.9. The van der Waals surface area contributed by atoms with E-state index in [9.17, 15) is 0 Å². The van der Waals surface area contributed by atoms with Gasteiger partial charge >= 0.3 is 0 Å². The van der Waals surface area contributed by atoms with Crippen LogP contribution in [0.2, 0.25) is 0 Å².